The zero-order chi connectivity index (χ0) is 44.9. The Labute approximate surface area is 387 Å². The van der Waals surface area contributed by atoms with E-state index >= 15 is 0 Å². The van der Waals surface area contributed by atoms with Gasteiger partial charge in [-0.25, -0.2) is 0 Å². The van der Waals surface area contributed by atoms with Gasteiger partial charge < -0.3 is 26.0 Å². The molecule has 2 aromatic heterocycles. The quantitative estimate of drug-likeness (QED) is 0.0621. The monoisotopic (exact) mass is 916 g/mol. The Morgan fingerprint density at radius 2 is 1.05 bits per heavy atom. The van der Waals surface area contributed by atoms with Gasteiger partial charge in [0, 0.05) is 65.6 Å². The number of nitrogens with one attached hydrogen (secondary N) is 4. The maximum Gasteiger partial charge on any atom is 0.220 e. The number of benzene rings is 2. The highest BCUT2D eigenvalue weighted by Crippen LogP contribution is 2.44. The van der Waals surface area contributed by atoms with Gasteiger partial charge in [-0.15, -0.1) is 22.7 Å². The number of hydrogen-bond acceptors (Lipinski definition) is 10. The van der Waals surface area contributed by atoms with Crippen molar-refractivity contribution in [2.75, 3.05) is 53.6 Å². The summed E-state index contributed by atoms with van der Waals surface area (Å²) >= 11 is 5.42. The highest BCUT2D eigenvalue weighted by atomic mass is 32.2. The maximum atomic E-state index is 12.4. The topological polar surface area (TPSA) is 132 Å². The summed E-state index contributed by atoms with van der Waals surface area (Å²) in [6, 6.07) is 28.9. The minimum Gasteiger partial charge on any atom is -0.492 e. The standard InChI is InChI=1S/C25H35N3O2S2.C24H33N3O3S/c1-28(2)25(22-9-6-17-32-22)14-12-21(13-15-25)27-24(30)11-10-23(29)26-16-18-31-19-20-7-4-3-5-8-20;1-27(2)24(21-9-6-18-31-21)14-12-19(13-15-24)26-23(29)11-10-22(28)25-16-17-30-20-7-4-3-5-8-20/h3-9,17,21H,10-16,18-19H2,1-2H3,(H,26,29)(H,27,30);3-9,18-19H,10-17H2,1-2H3,(H,25,28)(H,26,29). The molecule has 2 fully saturated rings. The van der Waals surface area contributed by atoms with Gasteiger partial charge in [-0.1, -0.05) is 60.7 Å². The van der Waals surface area contributed by atoms with E-state index in [0.717, 1.165) is 68.6 Å². The van der Waals surface area contributed by atoms with Crippen LogP contribution in [0.2, 0.25) is 0 Å². The third-order valence-corrected chi connectivity index (χ3v) is 15.5. The van der Waals surface area contributed by atoms with E-state index in [-0.39, 0.29) is 72.5 Å². The summed E-state index contributed by atoms with van der Waals surface area (Å²) in [4.78, 5) is 56.2. The molecule has 0 spiro atoms. The molecule has 2 aliphatic rings. The molecule has 4 aromatic rings. The van der Waals surface area contributed by atoms with Gasteiger partial charge in [-0.05, 0) is 120 Å². The molecule has 2 aromatic carbocycles. The largest absolute Gasteiger partial charge is 0.492 e. The van der Waals surface area contributed by atoms with Gasteiger partial charge in [-0.3, -0.25) is 29.0 Å². The van der Waals surface area contributed by atoms with E-state index < -0.39 is 0 Å². The van der Waals surface area contributed by atoms with Crippen molar-refractivity contribution in [2.45, 2.75) is 106 Å². The van der Waals surface area contributed by atoms with E-state index in [9.17, 15) is 19.2 Å². The van der Waals surface area contributed by atoms with Crippen molar-refractivity contribution < 1.29 is 23.9 Å². The van der Waals surface area contributed by atoms with E-state index in [1.807, 2.05) is 71.2 Å². The number of carbonyl (C=O) groups excluding carboxylic acids is 4. The molecule has 342 valence electrons. The number of hydrogen-bond donors (Lipinski definition) is 4. The first-order chi connectivity index (χ1) is 30.5. The Hall–Kier alpha value is -4.21. The zero-order valence-corrected chi connectivity index (χ0v) is 40.0. The first-order valence-electron chi connectivity index (χ1n) is 22.3. The van der Waals surface area contributed by atoms with Crippen LogP contribution < -0.4 is 26.0 Å². The molecule has 0 radical (unpaired) electrons. The molecule has 14 heteroatoms. The van der Waals surface area contributed by atoms with E-state index in [2.05, 4.69) is 106 Å². The maximum absolute atomic E-state index is 12.4. The molecule has 6 rings (SSSR count). The summed E-state index contributed by atoms with van der Waals surface area (Å²) in [7, 11) is 8.58. The van der Waals surface area contributed by atoms with Crippen LogP contribution in [0.4, 0.5) is 0 Å². The predicted octanol–water partition coefficient (Wildman–Crippen LogP) is 7.93. The lowest BCUT2D eigenvalue weighted by Crippen LogP contribution is -2.48. The molecule has 11 nitrogen and oxygen atoms in total. The van der Waals surface area contributed by atoms with Crippen molar-refractivity contribution in [3.63, 3.8) is 0 Å². The Morgan fingerprint density at radius 1 is 0.603 bits per heavy atom. The molecule has 4 N–H and O–H groups in total. The minimum atomic E-state index is -0.125. The third-order valence-electron chi connectivity index (χ3n) is 12.3. The summed E-state index contributed by atoms with van der Waals surface area (Å²) in [5, 5.41) is 16.3. The highest BCUT2D eigenvalue weighted by Gasteiger charge is 2.41. The Morgan fingerprint density at radius 3 is 1.49 bits per heavy atom. The van der Waals surface area contributed by atoms with Crippen molar-refractivity contribution in [2.24, 2.45) is 0 Å². The second kappa shape index (κ2) is 25.9. The van der Waals surface area contributed by atoms with Crippen LogP contribution in [0.1, 0.15) is 92.4 Å². The van der Waals surface area contributed by atoms with Gasteiger partial charge >= 0.3 is 0 Å². The SMILES string of the molecule is CN(C)C1(c2cccs2)CCC(NC(=O)CCC(=O)NCCOc2ccccc2)CC1.CN(C)C1(c2cccs2)CCC(NC(=O)CCC(=O)NCCSCc2ccccc2)CC1. The summed E-state index contributed by atoms with van der Waals surface area (Å²) in [6.45, 7) is 1.46. The average Bonchev–Trinajstić information content (AvgIpc) is 4.05. The molecule has 2 aliphatic carbocycles. The van der Waals surface area contributed by atoms with E-state index in [4.69, 9.17) is 4.74 Å². The molecule has 2 saturated carbocycles. The van der Waals surface area contributed by atoms with Crippen molar-refractivity contribution >= 4 is 58.1 Å². The van der Waals surface area contributed by atoms with Crippen LogP contribution in [0, 0.1) is 0 Å². The minimum absolute atomic E-state index is 0.0166. The Balaban J connectivity index is 0.000000238. The number of nitrogens with zero attached hydrogens (tertiary/aromatic N) is 2. The van der Waals surface area contributed by atoms with Crippen LogP contribution in [0.15, 0.2) is 95.7 Å². The molecule has 2 heterocycles. The van der Waals surface area contributed by atoms with Crippen LogP contribution in [-0.2, 0) is 36.0 Å². The summed E-state index contributed by atoms with van der Waals surface area (Å²) < 4.78 is 5.55. The first-order valence-corrected chi connectivity index (χ1v) is 25.2. The third kappa shape index (κ3) is 15.8. The van der Waals surface area contributed by atoms with Gasteiger partial charge in [0.15, 0.2) is 0 Å². The first kappa shape index (κ1) is 49.8. The number of ether oxygens (including phenoxy) is 1. The van der Waals surface area contributed by atoms with Crippen molar-refractivity contribution in [3.05, 3.63) is 111 Å². The van der Waals surface area contributed by atoms with Crippen LogP contribution >= 0.6 is 34.4 Å². The summed E-state index contributed by atoms with van der Waals surface area (Å²) in [6.07, 6.45) is 8.85. The van der Waals surface area contributed by atoms with Gasteiger partial charge in [0.1, 0.15) is 12.4 Å². The lowest BCUT2D eigenvalue weighted by Gasteiger charge is -2.44. The molecule has 0 saturated heterocycles. The van der Waals surface area contributed by atoms with Crippen LogP contribution in [-0.4, -0.2) is 99.2 Å². The lowest BCUT2D eigenvalue weighted by molar-refractivity contribution is -0.127. The molecule has 0 unspecified atom stereocenters. The van der Waals surface area contributed by atoms with Crippen LogP contribution in [0.5, 0.6) is 5.75 Å². The van der Waals surface area contributed by atoms with Gasteiger partial charge in [0.25, 0.3) is 0 Å². The number of thioether (sulfide) groups is 1. The number of carbonyl (C=O) groups is 4. The molecule has 0 aliphatic heterocycles. The summed E-state index contributed by atoms with van der Waals surface area (Å²) in [5.74, 6) is 2.36. The molecule has 0 atom stereocenters. The Bertz CT molecular complexity index is 1930. The summed E-state index contributed by atoms with van der Waals surface area (Å²) in [5.41, 5.74) is 1.44. The average molecular weight is 917 g/mol. The second-order valence-corrected chi connectivity index (χ2v) is 19.9. The number of para-hydroxylation sites is 1. The van der Waals surface area contributed by atoms with Crippen LogP contribution in [0.25, 0.3) is 0 Å². The van der Waals surface area contributed by atoms with E-state index in [1.165, 1.54) is 15.3 Å². The normalized spacial score (nSPS) is 20.9. The van der Waals surface area contributed by atoms with Gasteiger partial charge in [-0.2, -0.15) is 11.8 Å². The molecule has 63 heavy (non-hydrogen) atoms. The Kier molecular flexibility index (Phi) is 20.5. The molecular formula is C49H68N6O5S3. The highest BCUT2D eigenvalue weighted by molar-refractivity contribution is 7.98. The van der Waals surface area contributed by atoms with Crippen LogP contribution in [0.3, 0.4) is 0 Å². The second-order valence-electron chi connectivity index (χ2n) is 16.9. The molecular weight excluding hydrogens is 849 g/mol. The fourth-order valence-corrected chi connectivity index (χ4v) is 11.5. The van der Waals surface area contributed by atoms with Gasteiger partial charge in [0.05, 0.1) is 17.6 Å². The lowest BCUT2D eigenvalue weighted by atomic mass is 9.77. The number of rotatable bonds is 21. The number of amides is 4. The fourth-order valence-electron chi connectivity index (χ4n) is 8.53. The van der Waals surface area contributed by atoms with Crippen molar-refractivity contribution in [3.8, 4) is 5.75 Å². The van der Waals surface area contributed by atoms with Crippen molar-refractivity contribution in [1.82, 2.24) is 31.1 Å². The molecule has 0 bridgehead atoms. The van der Waals surface area contributed by atoms with Crippen molar-refractivity contribution in [1.29, 1.82) is 0 Å². The van der Waals surface area contributed by atoms with E-state index in [0.29, 0.717) is 19.7 Å². The zero-order valence-electron chi connectivity index (χ0n) is 37.6. The fraction of sp³-hybridized carbons (Fsp3) is 0.510. The predicted molar refractivity (Wildman–Crippen MR) is 259 cm³/mol. The van der Waals surface area contributed by atoms with Gasteiger partial charge in [0.2, 0.25) is 23.6 Å². The molecule has 4 amide bonds. The number of thiophene rings is 2. The van der Waals surface area contributed by atoms with E-state index in [1.54, 1.807) is 11.8 Å². The smallest absolute Gasteiger partial charge is 0.220 e.